The number of carboxylic acids is 1. The largest absolute Gasteiger partial charge is 0.475 e. The predicted molar refractivity (Wildman–Crippen MR) is 120 cm³/mol. The summed E-state index contributed by atoms with van der Waals surface area (Å²) in [5.74, 6) is -4.68. The van der Waals surface area contributed by atoms with Crippen molar-refractivity contribution < 1.29 is 37.1 Å². The number of rotatable bonds is 6. The van der Waals surface area contributed by atoms with Crippen molar-refractivity contribution in [1.82, 2.24) is 4.57 Å². The Balaban J connectivity index is 2.13. The number of fused-ring (bicyclic) bond motifs is 3. The molecule has 4 aromatic rings. The third kappa shape index (κ3) is 4.11. The Bertz CT molecular complexity index is 1540. The van der Waals surface area contributed by atoms with Gasteiger partial charge in [-0.05, 0) is 54.4 Å². The Hall–Kier alpha value is -4.21. The van der Waals surface area contributed by atoms with Crippen molar-refractivity contribution in [2.45, 2.75) is 26.1 Å². The maximum atomic E-state index is 14.6. The summed E-state index contributed by atoms with van der Waals surface area (Å²) >= 11 is 0. The van der Waals surface area contributed by atoms with Crippen LogP contribution < -0.4 is 5.73 Å². The monoisotopic (exact) mass is 486 g/mol. The predicted octanol–water partition coefficient (Wildman–Crippen LogP) is 4.93. The van der Waals surface area contributed by atoms with Crippen LogP contribution >= 0.6 is 0 Å². The molecule has 6 nitrogen and oxygen atoms in total. The summed E-state index contributed by atoms with van der Waals surface area (Å²) in [5.41, 5.74) is 5.10. The number of aryl methyl sites for hydroxylation is 1. The summed E-state index contributed by atoms with van der Waals surface area (Å²) in [6, 6.07) is 9.48. The van der Waals surface area contributed by atoms with Gasteiger partial charge >= 0.3 is 12.1 Å². The average Bonchev–Trinajstić information content (AvgIpc) is 3.11. The summed E-state index contributed by atoms with van der Waals surface area (Å²) in [7, 11) is 0. The first-order valence-corrected chi connectivity index (χ1v) is 10.4. The molecule has 0 saturated carbocycles. The molecule has 0 fully saturated rings. The highest BCUT2D eigenvalue weighted by molar-refractivity contribution is 6.43. The first kappa shape index (κ1) is 23.9. The molecule has 0 bridgehead atoms. The maximum absolute atomic E-state index is 14.6. The minimum atomic E-state index is -4.70. The number of nitrogens with zero attached hydrogens (tertiary/aromatic N) is 1. The fourth-order valence-corrected chi connectivity index (χ4v) is 4.23. The van der Waals surface area contributed by atoms with Gasteiger partial charge in [0, 0.05) is 27.5 Å². The molecule has 0 aliphatic carbocycles. The molecule has 4 rings (SSSR count). The third-order valence-electron chi connectivity index (χ3n) is 5.87. The van der Waals surface area contributed by atoms with Crippen LogP contribution in [0.5, 0.6) is 0 Å². The number of aliphatic carboxylic acids is 1. The number of hydrogen-bond acceptors (Lipinski definition) is 3. The van der Waals surface area contributed by atoms with E-state index in [1.54, 1.807) is 13.0 Å². The normalized spacial score (nSPS) is 11.8. The van der Waals surface area contributed by atoms with Crippen LogP contribution in [-0.4, -0.2) is 27.3 Å². The minimum absolute atomic E-state index is 0.0144. The molecule has 10 heteroatoms. The number of halogens is 4. The molecule has 1 aromatic heterocycles. The molecule has 0 aliphatic heterocycles. The molecule has 0 radical (unpaired) electrons. The lowest BCUT2D eigenvalue weighted by atomic mass is 9.96. The van der Waals surface area contributed by atoms with Gasteiger partial charge in [-0.25, -0.2) is 9.18 Å². The number of primary amides is 1. The molecular formula is C25H18F4N2O4. The van der Waals surface area contributed by atoms with Gasteiger partial charge in [-0.1, -0.05) is 13.0 Å². The molecule has 0 atom stereocenters. The number of nitrogens with two attached hydrogens (primary N) is 1. The van der Waals surface area contributed by atoms with E-state index < -0.39 is 35.2 Å². The molecule has 35 heavy (non-hydrogen) atoms. The van der Waals surface area contributed by atoms with Crippen LogP contribution in [0.2, 0.25) is 0 Å². The molecule has 3 aromatic carbocycles. The molecule has 0 spiro atoms. The summed E-state index contributed by atoms with van der Waals surface area (Å²) in [5, 5.41) is 9.65. The number of carbonyl (C=O) groups is 3. The van der Waals surface area contributed by atoms with Crippen LogP contribution in [0.1, 0.15) is 44.3 Å². The molecule has 1 heterocycles. The number of amides is 1. The number of Topliss-reactive ketones (excluding diaryl/α,β-unsaturated/α-hetero) is 1. The molecule has 1 amide bonds. The summed E-state index contributed by atoms with van der Waals surface area (Å²) in [4.78, 5) is 36.4. The highest BCUT2D eigenvalue weighted by Gasteiger charge is 2.31. The van der Waals surface area contributed by atoms with Crippen LogP contribution in [0.25, 0.3) is 21.8 Å². The third-order valence-corrected chi connectivity index (χ3v) is 5.87. The number of benzene rings is 3. The van der Waals surface area contributed by atoms with E-state index in [-0.39, 0.29) is 45.0 Å². The lowest BCUT2D eigenvalue weighted by molar-refractivity contribution is -0.137. The Morgan fingerprint density at radius 3 is 2.26 bits per heavy atom. The van der Waals surface area contributed by atoms with Crippen molar-refractivity contribution in [2.24, 2.45) is 5.73 Å². The minimum Gasteiger partial charge on any atom is -0.475 e. The Labute approximate surface area is 195 Å². The quantitative estimate of drug-likeness (QED) is 0.229. The molecular weight excluding hydrogens is 468 g/mol. The second kappa shape index (κ2) is 8.53. The molecule has 0 saturated heterocycles. The second-order valence-electron chi connectivity index (χ2n) is 7.98. The van der Waals surface area contributed by atoms with Gasteiger partial charge in [-0.2, -0.15) is 13.2 Å². The fourth-order valence-electron chi connectivity index (χ4n) is 4.23. The Kier molecular flexibility index (Phi) is 5.84. The van der Waals surface area contributed by atoms with E-state index in [0.717, 1.165) is 6.07 Å². The average molecular weight is 486 g/mol. The number of carbonyl (C=O) groups excluding carboxylic acids is 2. The van der Waals surface area contributed by atoms with Crippen molar-refractivity contribution in [3.63, 3.8) is 0 Å². The van der Waals surface area contributed by atoms with Crippen LogP contribution in [-0.2, 0) is 23.9 Å². The Morgan fingerprint density at radius 2 is 1.66 bits per heavy atom. The first-order valence-electron chi connectivity index (χ1n) is 10.4. The van der Waals surface area contributed by atoms with E-state index in [4.69, 9.17) is 5.73 Å². The number of ketones is 1. The molecule has 0 aliphatic rings. The van der Waals surface area contributed by atoms with E-state index in [2.05, 4.69) is 0 Å². The van der Waals surface area contributed by atoms with Gasteiger partial charge in [0.2, 0.25) is 5.91 Å². The van der Waals surface area contributed by atoms with Crippen molar-refractivity contribution >= 4 is 39.5 Å². The summed E-state index contributed by atoms with van der Waals surface area (Å²) in [6.45, 7) is 1.39. The fraction of sp³-hybridized carbons (Fsp3) is 0.160. The highest BCUT2D eigenvalue weighted by Crippen LogP contribution is 2.37. The van der Waals surface area contributed by atoms with Crippen LogP contribution in [0, 0.1) is 5.82 Å². The summed E-state index contributed by atoms with van der Waals surface area (Å²) in [6.07, 6.45) is -4.29. The van der Waals surface area contributed by atoms with E-state index in [0.29, 0.717) is 24.1 Å². The van der Waals surface area contributed by atoms with Gasteiger partial charge in [0.1, 0.15) is 5.82 Å². The standard InChI is InChI=1S/C25H18F4N2O4/c1-2-12-8-16(22(32)24(34)35)21-19(9-12)31(18-5-3-4-15(20(18)21)23(30)33)11-13-10-14(25(27,28)29)6-7-17(13)26/h3-10H,2,11H2,1H3,(H2,30,33)(H,34,35). The van der Waals surface area contributed by atoms with Gasteiger partial charge < -0.3 is 15.4 Å². The smallest absolute Gasteiger partial charge is 0.416 e. The van der Waals surface area contributed by atoms with Gasteiger partial charge in [0.15, 0.2) is 0 Å². The topological polar surface area (TPSA) is 102 Å². The van der Waals surface area contributed by atoms with Crippen molar-refractivity contribution in [2.75, 3.05) is 0 Å². The van der Waals surface area contributed by atoms with E-state index in [9.17, 15) is 37.1 Å². The van der Waals surface area contributed by atoms with E-state index >= 15 is 0 Å². The zero-order chi connectivity index (χ0) is 25.7. The number of hydrogen-bond donors (Lipinski definition) is 2. The molecule has 0 unspecified atom stereocenters. The van der Waals surface area contributed by atoms with Crippen LogP contribution in [0.4, 0.5) is 17.6 Å². The van der Waals surface area contributed by atoms with Crippen LogP contribution in [0.15, 0.2) is 48.5 Å². The van der Waals surface area contributed by atoms with Crippen molar-refractivity contribution in [3.8, 4) is 0 Å². The highest BCUT2D eigenvalue weighted by atomic mass is 19.4. The second-order valence-corrected chi connectivity index (χ2v) is 7.98. The van der Waals surface area contributed by atoms with Gasteiger partial charge in [0.05, 0.1) is 23.1 Å². The first-order chi connectivity index (χ1) is 16.4. The van der Waals surface area contributed by atoms with Crippen molar-refractivity contribution in [1.29, 1.82) is 0 Å². The maximum Gasteiger partial charge on any atom is 0.416 e. The lowest BCUT2D eigenvalue weighted by Crippen LogP contribution is -2.14. The van der Waals surface area contributed by atoms with Crippen LogP contribution in [0.3, 0.4) is 0 Å². The molecule has 3 N–H and O–H groups in total. The number of aromatic nitrogens is 1. The van der Waals surface area contributed by atoms with Gasteiger partial charge in [0.25, 0.3) is 5.78 Å². The summed E-state index contributed by atoms with van der Waals surface area (Å²) < 4.78 is 55.9. The molecule has 180 valence electrons. The van der Waals surface area contributed by atoms with E-state index in [1.807, 2.05) is 0 Å². The van der Waals surface area contributed by atoms with Crippen molar-refractivity contribution in [3.05, 3.63) is 82.2 Å². The zero-order valence-corrected chi connectivity index (χ0v) is 18.2. The van der Waals surface area contributed by atoms with Gasteiger partial charge in [-0.15, -0.1) is 0 Å². The van der Waals surface area contributed by atoms with E-state index in [1.165, 1.54) is 28.8 Å². The SMILES string of the molecule is CCc1cc(C(=O)C(=O)O)c2c3c(C(N)=O)cccc3n(Cc3cc(C(F)(F)F)ccc3F)c2c1. The Morgan fingerprint density at radius 1 is 0.971 bits per heavy atom. The number of alkyl halides is 3. The lowest BCUT2D eigenvalue weighted by Gasteiger charge is -2.13. The zero-order valence-electron chi connectivity index (χ0n) is 18.2. The number of carboxylic acid groups (broad SMARTS) is 1. The van der Waals surface area contributed by atoms with Gasteiger partial charge in [-0.3, -0.25) is 9.59 Å².